The van der Waals surface area contributed by atoms with E-state index >= 15 is 0 Å². The average molecular weight is 361 g/mol. The van der Waals surface area contributed by atoms with E-state index in [4.69, 9.17) is 4.74 Å². The monoisotopic (exact) mass is 360 g/mol. The minimum atomic E-state index is -0.461. The molecule has 0 bridgehead atoms. The number of benzene rings is 1. The maximum Gasteiger partial charge on any atom is 0.338 e. The number of aliphatic hydroxyl groups excluding tert-OH is 1. The second-order valence-corrected chi connectivity index (χ2v) is 8.14. The molecule has 0 aliphatic heterocycles. The molecule has 0 unspecified atom stereocenters. The number of rotatable bonds is 9. The van der Waals surface area contributed by atoms with Crippen LogP contribution in [-0.4, -0.2) is 23.3 Å². The summed E-state index contributed by atoms with van der Waals surface area (Å²) in [6.45, 7) is 5.79. The molecule has 0 radical (unpaired) electrons. The van der Waals surface area contributed by atoms with Crippen LogP contribution < -0.4 is 0 Å². The van der Waals surface area contributed by atoms with Crippen LogP contribution >= 0.6 is 0 Å². The van der Waals surface area contributed by atoms with Gasteiger partial charge in [0.15, 0.2) is 0 Å². The van der Waals surface area contributed by atoms with Gasteiger partial charge < -0.3 is 9.84 Å². The minimum Gasteiger partial charge on any atom is -0.459 e. The van der Waals surface area contributed by atoms with Gasteiger partial charge in [0.1, 0.15) is 6.10 Å². The lowest BCUT2D eigenvalue weighted by atomic mass is 9.77. The first-order chi connectivity index (χ1) is 12.5. The van der Waals surface area contributed by atoms with E-state index < -0.39 is 6.10 Å². The molecule has 0 amide bonds. The number of carbonyl (C=O) groups is 1. The summed E-state index contributed by atoms with van der Waals surface area (Å²) in [4.78, 5) is 12.2. The van der Waals surface area contributed by atoms with E-state index in [9.17, 15) is 9.90 Å². The molecular formula is C23H36O3. The molecule has 26 heavy (non-hydrogen) atoms. The van der Waals surface area contributed by atoms with Gasteiger partial charge in [-0.3, -0.25) is 0 Å². The summed E-state index contributed by atoms with van der Waals surface area (Å²) >= 11 is 0. The summed E-state index contributed by atoms with van der Waals surface area (Å²) in [6.07, 6.45) is 10.4. The summed E-state index contributed by atoms with van der Waals surface area (Å²) in [6, 6.07) is 7.97. The standard InChI is InChI=1S/C23H36O3/c1-4-5-6-7-19-8-10-20(11-9-19)21-12-14-22(15-13-21)23(25)26-18(3)16-17(2)24/h12-15,17-20,24H,4-11,16H2,1-3H3/t17-,18-,19?,20?/m1/s1. The van der Waals surface area contributed by atoms with Gasteiger partial charge in [0, 0.05) is 6.42 Å². The lowest BCUT2D eigenvalue weighted by molar-refractivity contribution is 0.0222. The van der Waals surface area contributed by atoms with Gasteiger partial charge in [0.2, 0.25) is 0 Å². The van der Waals surface area contributed by atoms with Crippen LogP contribution in [0.2, 0.25) is 0 Å². The molecule has 1 aliphatic rings. The first kappa shape index (κ1) is 21.0. The summed E-state index contributed by atoms with van der Waals surface area (Å²) < 4.78 is 5.39. The van der Waals surface area contributed by atoms with Gasteiger partial charge in [-0.2, -0.15) is 0 Å². The number of carbonyl (C=O) groups excluding carboxylic acids is 1. The molecule has 1 fully saturated rings. The number of esters is 1. The van der Waals surface area contributed by atoms with E-state index in [-0.39, 0.29) is 12.1 Å². The zero-order valence-corrected chi connectivity index (χ0v) is 16.7. The van der Waals surface area contributed by atoms with Gasteiger partial charge in [0.25, 0.3) is 0 Å². The van der Waals surface area contributed by atoms with Crippen LogP contribution in [0.4, 0.5) is 0 Å². The van der Waals surface area contributed by atoms with E-state index in [0.29, 0.717) is 17.9 Å². The predicted octanol–water partition coefficient (Wildman–Crippen LogP) is 5.86. The number of hydrogen-bond donors (Lipinski definition) is 1. The highest BCUT2D eigenvalue weighted by Gasteiger charge is 2.22. The largest absolute Gasteiger partial charge is 0.459 e. The minimum absolute atomic E-state index is 0.273. The molecule has 3 heteroatoms. The third-order valence-corrected chi connectivity index (χ3v) is 5.66. The topological polar surface area (TPSA) is 46.5 Å². The maximum absolute atomic E-state index is 12.2. The van der Waals surface area contributed by atoms with E-state index in [1.165, 1.54) is 56.9 Å². The molecule has 0 aromatic heterocycles. The first-order valence-electron chi connectivity index (χ1n) is 10.5. The Bertz CT molecular complexity index is 527. The van der Waals surface area contributed by atoms with Crippen LogP contribution in [0.15, 0.2) is 24.3 Å². The molecule has 1 saturated carbocycles. The normalized spacial score (nSPS) is 22.6. The highest BCUT2D eigenvalue weighted by Crippen LogP contribution is 2.37. The van der Waals surface area contributed by atoms with Gasteiger partial charge in [-0.05, 0) is 69.1 Å². The maximum atomic E-state index is 12.2. The van der Waals surface area contributed by atoms with Crippen molar-refractivity contribution in [1.29, 1.82) is 0 Å². The summed E-state index contributed by atoms with van der Waals surface area (Å²) in [5.74, 6) is 1.25. The number of unbranched alkanes of at least 4 members (excludes halogenated alkanes) is 2. The third-order valence-electron chi connectivity index (χ3n) is 5.66. The molecule has 0 spiro atoms. The van der Waals surface area contributed by atoms with Crippen molar-refractivity contribution < 1.29 is 14.6 Å². The van der Waals surface area contributed by atoms with Crippen molar-refractivity contribution in [2.75, 3.05) is 0 Å². The SMILES string of the molecule is CCCCCC1CCC(c2ccc(C(=O)O[C@H](C)C[C@@H](C)O)cc2)CC1. The Morgan fingerprint density at radius 2 is 1.77 bits per heavy atom. The number of hydrogen-bond acceptors (Lipinski definition) is 3. The molecular weight excluding hydrogens is 324 g/mol. The molecule has 0 saturated heterocycles. The van der Waals surface area contributed by atoms with Crippen molar-refractivity contribution in [2.45, 2.75) is 96.7 Å². The lowest BCUT2D eigenvalue weighted by Crippen LogP contribution is -2.19. The fourth-order valence-corrected chi connectivity index (χ4v) is 4.14. The van der Waals surface area contributed by atoms with Crippen LogP contribution in [0, 0.1) is 5.92 Å². The molecule has 1 aromatic carbocycles. The summed E-state index contributed by atoms with van der Waals surface area (Å²) in [5.41, 5.74) is 1.95. The fraction of sp³-hybridized carbons (Fsp3) is 0.696. The van der Waals surface area contributed by atoms with Gasteiger partial charge >= 0.3 is 5.97 Å². The Kier molecular flexibility index (Phi) is 8.64. The molecule has 0 heterocycles. The van der Waals surface area contributed by atoms with E-state index in [1.807, 2.05) is 19.1 Å². The summed E-state index contributed by atoms with van der Waals surface area (Å²) in [5, 5.41) is 9.37. The highest BCUT2D eigenvalue weighted by molar-refractivity contribution is 5.89. The van der Waals surface area contributed by atoms with Crippen molar-refractivity contribution in [1.82, 2.24) is 0 Å². The van der Waals surface area contributed by atoms with Crippen molar-refractivity contribution in [3.05, 3.63) is 35.4 Å². The quantitative estimate of drug-likeness (QED) is 0.443. The van der Waals surface area contributed by atoms with Crippen LogP contribution in [0.3, 0.4) is 0 Å². The van der Waals surface area contributed by atoms with Gasteiger partial charge in [-0.15, -0.1) is 0 Å². The van der Waals surface area contributed by atoms with Gasteiger partial charge in [-0.25, -0.2) is 4.79 Å². The number of aliphatic hydroxyl groups is 1. The van der Waals surface area contributed by atoms with Crippen molar-refractivity contribution >= 4 is 5.97 Å². The molecule has 1 N–H and O–H groups in total. The van der Waals surface area contributed by atoms with E-state index in [2.05, 4.69) is 19.1 Å². The third kappa shape index (κ3) is 6.75. The van der Waals surface area contributed by atoms with Gasteiger partial charge in [-0.1, -0.05) is 44.7 Å². The second kappa shape index (κ2) is 10.7. The molecule has 2 atom stereocenters. The molecule has 1 aromatic rings. The Hall–Kier alpha value is -1.35. The van der Waals surface area contributed by atoms with E-state index in [0.717, 1.165) is 5.92 Å². The van der Waals surface area contributed by atoms with Crippen LogP contribution in [0.25, 0.3) is 0 Å². The molecule has 3 nitrogen and oxygen atoms in total. The summed E-state index contributed by atoms with van der Waals surface area (Å²) in [7, 11) is 0. The van der Waals surface area contributed by atoms with Crippen LogP contribution in [0.1, 0.15) is 100 Å². The lowest BCUT2D eigenvalue weighted by Gasteiger charge is -2.29. The van der Waals surface area contributed by atoms with Crippen molar-refractivity contribution in [3.8, 4) is 0 Å². The molecule has 1 aliphatic carbocycles. The average Bonchev–Trinajstić information content (AvgIpc) is 2.62. The second-order valence-electron chi connectivity index (χ2n) is 8.14. The molecule has 2 rings (SSSR count). The first-order valence-corrected chi connectivity index (χ1v) is 10.5. The van der Waals surface area contributed by atoms with Gasteiger partial charge in [0.05, 0.1) is 11.7 Å². The Morgan fingerprint density at radius 3 is 2.35 bits per heavy atom. The Balaban J connectivity index is 1.81. The highest BCUT2D eigenvalue weighted by atomic mass is 16.5. The zero-order chi connectivity index (χ0) is 18.9. The fourth-order valence-electron chi connectivity index (χ4n) is 4.14. The Labute approximate surface area is 159 Å². The van der Waals surface area contributed by atoms with Crippen molar-refractivity contribution in [3.63, 3.8) is 0 Å². The Morgan fingerprint density at radius 1 is 1.12 bits per heavy atom. The molecule has 146 valence electrons. The van der Waals surface area contributed by atoms with Crippen LogP contribution in [0.5, 0.6) is 0 Å². The number of ether oxygens (including phenoxy) is 1. The van der Waals surface area contributed by atoms with Crippen LogP contribution in [-0.2, 0) is 4.74 Å². The smallest absolute Gasteiger partial charge is 0.338 e. The zero-order valence-electron chi connectivity index (χ0n) is 16.7. The predicted molar refractivity (Wildman–Crippen MR) is 106 cm³/mol. The van der Waals surface area contributed by atoms with Crippen molar-refractivity contribution in [2.24, 2.45) is 5.92 Å². The van der Waals surface area contributed by atoms with E-state index in [1.54, 1.807) is 6.92 Å².